The molecule has 0 saturated carbocycles. The van der Waals surface area contributed by atoms with Crippen LogP contribution in [-0.4, -0.2) is 21.8 Å². The first-order valence-electron chi connectivity index (χ1n) is 5.71. The van der Waals surface area contributed by atoms with E-state index in [1.54, 1.807) is 12.1 Å². The van der Waals surface area contributed by atoms with Crippen molar-refractivity contribution in [2.45, 2.75) is 12.7 Å². The third kappa shape index (κ3) is 3.29. The lowest BCUT2D eigenvalue weighted by atomic mass is 10.1. The van der Waals surface area contributed by atoms with Crippen molar-refractivity contribution >= 4 is 0 Å². The van der Waals surface area contributed by atoms with Crippen LogP contribution in [0.1, 0.15) is 17.4 Å². The van der Waals surface area contributed by atoms with Crippen LogP contribution in [0.25, 0.3) is 0 Å². The van der Waals surface area contributed by atoms with Crippen LogP contribution in [0, 0.1) is 0 Å². The maximum Gasteiger partial charge on any atom is 0.137 e. The van der Waals surface area contributed by atoms with Crippen LogP contribution < -0.4 is 4.74 Å². The van der Waals surface area contributed by atoms with Crippen LogP contribution in [0.3, 0.4) is 0 Å². The Morgan fingerprint density at radius 2 is 1.89 bits per heavy atom. The van der Waals surface area contributed by atoms with Crippen LogP contribution >= 0.6 is 0 Å². The number of pyridine rings is 1. The van der Waals surface area contributed by atoms with Gasteiger partial charge in [0.05, 0.1) is 18.5 Å². The normalized spacial score (nSPS) is 12.1. The lowest BCUT2D eigenvalue weighted by Crippen LogP contribution is -2.09. The molecule has 0 aliphatic heterocycles. The molecule has 1 heterocycles. The van der Waals surface area contributed by atoms with Crippen LogP contribution in [0.2, 0.25) is 0 Å². The summed E-state index contributed by atoms with van der Waals surface area (Å²) in [6.45, 7) is 0.0804. The van der Waals surface area contributed by atoms with E-state index in [0.717, 1.165) is 5.56 Å². The summed E-state index contributed by atoms with van der Waals surface area (Å²) in [7, 11) is 0. The van der Waals surface area contributed by atoms with Crippen LogP contribution in [-0.2, 0) is 6.61 Å². The van der Waals surface area contributed by atoms with E-state index in [-0.39, 0.29) is 13.2 Å². The quantitative estimate of drug-likeness (QED) is 0.841. The maximum atomic E-state index is 9.90. The Bertz CT molecular complexity index is 470. The molecule has 0 aliphatic rings. The molecule has 4 nitrogen and oxygen atoms in total. The van der Waals surface area contributed by atoms with E-state index in [4.69, 9.17) is 9.84 Å². The highest BCUT2D eigenvalue weighted by atomic mass is 16.5. The van der Waals surface area contributed by atoms with E-state index in [0.29, 0.717) is 11.4 Å². The highest BCUT2D eigenvalue weighted by molar-refractivity contribution is 5.21. The number of benzene rings is 1. The van der Waals surface area contributed by atoms with Gasteiger partial charge in [-0.2, -0.15) is 0 Å². The highest BCUT2D eigenvalue weighted by Gasteiger charge is 2.07. The third-order valence-corrected chi connectivity index (χ3v) is 2.55. The number of aliphatic hydroxyl groups is 2. The minimum atomic E-state index is -0.663. The smallest absolute Gasteiger partial charge is 0.137 e. The summed E-state index contributed by atoms with van der Waals surface area (Å²) in [5, 5.41) is 18.7. The largest absolute Gasteiger partial charge is 0.489 e. The van der Waals surface area contributed by atoms with E-state index in [9.17, 15) is 5.11 Å². The molecular weight excluding hydrogens is 230 g/mol. The van der Waals surface area contributed by atoms with Crippen LogP contribution in [0.4, 0.5) is 0 Å². The first-order valence-corrected chi connectivity index (χ1v) is 5.71. The fourth-order valence-corrected chi connectivity index (χ4v) is 1.54. The number of hydrogen-bond donors (Lipinski definition) is 2. The van der Waals surface area contributed by atoms with Crippen molar-refractivity contribution in [2.75, 3.05) is 6.61 Å². The number of aromatic nitrogens is 1. The Balaban J connectivity index is 1.91. The summed E-state index contributed by atoms with van der Waals surface area (Å²) in [4.78, 5) is 3.99. The Kier molecular flexibility index (Phi) is 4.28. The average Bonchev–Trinajstić information content (AvgIpc) is 2.46. The van der Waals surface area contributed by atoms with Gasteiger partial charge < -0.3 is 14.9 Å². The lowest BCUT2D eigenvalue weighted by molar-refractivity contribution is 0.108. The fourth-order valence-electron chi connectivity index (χ4n) is 1.54. The number of hydrogen-bond acceptors (Lipinski definition) is 4. The SMILES string of the molecule is OCc1ccc(OCC(O)c2ccccc2)cn1. The third-order valence-electron chi connectivity index (χ3n) is 2.55. The second-order valence-electron chi connectivity index (χ2n) is 3.88. The molecule has 1 unspecified atom stereocenters. The van der Waals surface area contributed by atoms with Crippen molar-refractivity contribution in [3.8, 4) is 5.75 Å². The van der Waals surface area contributed by atoms with Crippen molar-refractivity contribution in [3.63, 3.8) is 0 Å². The van der Waals surface area contributed by atoms with Crippen molar-refractivity contribution in [1.82, 2.24) is 4.98 Å². The first kappa shape index (κ1) is 12.5. The van der Waals surface area contributed by atoms with Crippen molar-refractivity contribution in [2.24, 2.45) is 0 Å². The molecule has 0 amide bonds. The van der Waals surface area contributed by atoms with Gasteiger partial charge in [0, 0.05) is 0 Å². The highest BCUT2D eigenvalue weighted by Crippen LogP contribution is 2.15. The standard InChI is InChI=1S/C14H15NO3/c16-9-12-6-7-13(8-15-12)18-10-14(17)11-4-2-1-3-5-11/h1-8,14,16-17H,9-10H2. The predicted octanol–water partition coefficient (Wildman–Crippen LogP) is 1.69. The molecule has 0 fully saturated rings. The molecule has 0 radical (unpaired) electrons. The monoisotopic (exact) mass is 245 g/mol. The molecule has 94 valence electrons. The summed E-state index contributed by atoms with van der Waals surface area (Å²) >= 11 is 0. The zero-order valence-electron chi connectivity index (χ0n) is 9.86. The zero-order valence-corrected chi connectivity index (χ0v) is 9.86. The second-order valence-corrected chi connectivity index (χ2v) is 3.88. The zero-order chi connectivity index (χ0) is 12.8. The Hall–Kier alpha value is -1.91. The van der Waals surface area contributed by atoms with Gasteiger partial charge in [0.1, 0.15) is 18.5 Å². The van der Waals surface area contributed by atoms with Gasteiger partial charge in [-0.1, -0.05) is 30.3 Å². The molecule has 1 atom stereocenters. The summed E-state index contributed by atoms with van der Waals surface area (Å²) in [5.74, 6) is 0.571. The van der Waals surface area contributed by atoms with Gasteiger partial charge in [-0.15, -0.1) is 0 Å². The minimum absolute atomic E-state index is 0.0904. The maximum absolute atomic E-state index is 9.90. The number of ether oxygens (including phenoxy) is 1. The number of rotatable bonds is 5. The topological polar surface area (TPSA) is 62.6 Å². The second kappa shape index (κ2) is 6.14. The van der Waals surface area contributed by atoms with E-state index < -0.39 is 6.10 Å². The fraction of sp³-hybridized carbons (Fsp3) is 0.214. The molecule has 2 aromatic rings. The Labute approximate surface area is 106 Å². The number of aliphatic hydroxyl groups excluding tert-OH is 2. The molecule has 0 saturated heterocycles. The van der Waals surface area contributed by atoms with Gasteiger partial charge in [0.15, 0.2) is 0 Å². The molecule has 1 aromatic heterocycles. The van der Waals surface area contributed by atoms with Gasteiger partial charge in [-0.25, -0.2) is 0 Å². The van der Waals surface area contributed by atoms with E-state index >= 15 is 0 Å². The minimum Gasteiger partial charge on any atom is -0.489 e. The average molecular weight is 245 g/mol. The molecule has 2 N–H and O–H groups in total. The van der Waals surface area contributed by atoms with E-state index in [1.807, 2.05) is 30.3 Å². The summed E-state index contributed by atoms with van der Waals surface area (Å²) in [5.41, 5.74) is 1.41. The molecule has 1 aromatic carbocycles. The van der Waals surface area contributed by atoms with Crippen LogP contribution in [0.5, 0.6) is 5.75 Å². The van der Waals surface area contributed by atoms with Crippen molar-refractivity contribution in [3.05, 3.63) is 59.9 Å². The number of nitrogens with zero attached hydrogens (tertiary/aromatic N) is 1. The molecule has 0 aliphatic carbocycles. The van der Waals surface area contributed by atoms with Gasteiger partial charge >= 0.3 is 0 Å². The molecule has 0 bridgehead atoms. The molecule has 18 heavy (non-hydrogen) atoms. The summed E-state index contributed by atoms with van der Waals surface area (Å²) < 4.78 is 5.43. The van der Waals surface area contributed by atoms with Crippen LogP contribution in [0.15, 0.2) is 48.7 Å². The molecule has 4 heteroatoms. The first-order chi connectivity index (χ1) is 8.79. The molecule has 2 rings (SSSR count). The van der Waals surface area contributed by atoms with E-state index in [2.05, 4.69) is 4.98 Å². The van der Waals surface area contributed by atoms with Gasteiger partial charge in [0.25, 0.3) is 0 Å². The van der Waals surface area contributed by atoms with Gasteiger partial charge in [-0.3, -0.25) is 4.98 Å². The Morgan fingerprint density at radius 1 is 1.11 bits per heavy atom. The predicted molar refractivity (Wildman–Crippen MR) is 67.1 cm³/mol. The lowest BCUT2D eigenvalue weighted by Gasteiger charge is -2.12. The summed E-state index contributed by atoms with van der Waals surface area (Å²) in [6, 6.07) is 12.7. The molecule has 0 spiro atoms. The van der Waals surface area contributed by atoms with Gasteiger partial charge in [0.2, 0.25) is 0 Å². The van der Waals surface area contributed by atoms with Crippen molar-refractivity contribution in [1.29, 1.82) is 0 Å². The Morgan fingerprint density at radius 3 is 2.50 bits per heavy atom. The van der Waals surface area contributed by atoms with Gasteiger partial charge in [-0.05, 0) is 17.7 Å². The summed E-state index contributed by atoms with van der Waals surface area (Å²) in [6.07, 6.45) is 0.868. The molecular formula is C14H15NO3. The van der Waals surface area contributed by atoms with Crippen molar-refractivity contribution < 1.29 is 14.9 Å². The van der Waals surface area contributed by atoms with E-state index in [1.165, 1.54) is 6.20 Å².